The van der Waals surface area contributed by atoms with Crippen molar-refractivity contribution in [3.05, 3.63) is 29.8 Å². The minimum absolute atomic E-state index is 0. The van der Waals surface area contributed by atoms with E-state index in [-0.39, 0.29) is 35.1 Å². The van der Waals surface area contributed by atoms with Crippen LogP contribution in [0.1, 0.15) is 5.56 Å². The average Bonchev–Trinajstić information content (AvgIpc) is 2.33. The minimum Gasteiger partial charge on any atom is -0.744 e. The summed E-state index contributed by atoms with van der Waals surface area (Å²) >= 11 is 0. The summed E-state index contributed by atoms with van der Waals surface area (Å²) in [5, 5.41) is 3.37. The first-order chi connectivity index (χ1) is 8.45. The molecule has 0 aliphatic rings. The van der Waals surface area contributed by atoms with Crippen molar-refractivity contribution in [3.8, 4) is 0 Å². The fraction of sp³-hybridized carbons (Fsp3) is 0.200. The minimum atomic E-state index is -4.58. The largest absolute Gasteiger partial charge is 1.00 e. The molecule has 0 fully saturated rings. The normalized spacial score (nSPS) is 10.8. The summed E-state index contributed by atoms with van der Waals surface area (Å²) in [7, 11) is -3.39. The molecule has 98 valence electrons. The molecule has 0 aliphatic carbocycles. The van der Waals surface area contributed by atoms with E-state index in [2.05, 4.69) is 14.7 Å². The first kappa shape index (κ1) is 18.1. The van der Waals surface area contributed by atoms with Crippen LogP contribution in [0.5, 0.6) is 0 Å². The molecular weight excluding hydrogens is 285 g/mol. The van der Waals surface area contributed by atoms with Gasteiger partial charge < -0.3 is 14.1 Å². The van der Waals surface area contributed by atoms with E-state index in [4.69, 9.17) is 0 Å². The summed E-state index contributed by atoms with van der Waals surface area (Å²) in [5.41, 5.74) is 0.0809. The molecule has 19 heavy (non-hydrogen) atoms. The molecule has 0 atom stereocenters. The van der Waals surface area contributed by atoms with Gasteiger partial charge in [0.25, 0.3) is 0 Å². The molecule has 0 amide bonds. The van der Waals surface area contributed by atoms with Crippen LogP contribution in [0.2, 0.25) is 0 Å². The standard InChI is InChI=1S/C10H11NO6S.Na/c1-16-10(12)7-17-11-6-8-4-2-3-5-9(8)18(13,14)15;/h2-6H,7H2,1H3,(H,13,14,15);/q;+1/p-1/b11-6+;. The van der Waals surface area contributed by atoms with E-state index in [0.29, 0.717) is 0 Å². The van der Waals surface area contributed by atoms with Gasteiger partial charge in [-0.25, -0.2) is 13.2 Å². The summed E-state index contributed by atoms with van der Waals surface area (Å²) in [5.74, 6) is -0.628. The molecule has 0 saturated carbocycles. The maximum atomic E-state index is 10.9. The molecule has 1 aromatic rings. The van der Waals surface area contributed by atoms with E-state index in [9.17, 15) is 17.8 Å². The molecule has 0 heterocycles. The number of rotatable bonds is 5. The van der Waals surface area contributed by atoms with Crippen LogP contribution in [0.15, 0.2) is 34.3 Å². The summed E-state index contributed by atoms with van der Waals surface area (Å²) in [6.45, 7) is -0.403. The Labute approximate surface area is 132 Å². The van der Waals surface area contributed by atoms with E-state index in [1.807, 2.05) is 0 Å². The molecule has 1 aromatic carbocycles. The van der Waals surface area contributed by atoms with Gasteiger partial charge in [0.1, 0.15) is 10.1 Å². The van der Waals surface area contributed by atoms with E-state index < -0.39 is 27.6 Å². The zero-order valence-electron chi connectivity index (χ0n) is 10.4. The van der Waals surface area contributed by atoms with E-state index in [0.717, 1.165) is 12.3 Å². The maximum absolute atomic E-state index is 10.9. The molecule has 0 bridgehead atoms. The molecule has 0 aromatic heterocycles. The van der Waals surface area contributed by atoms with Gasteiger partial charge in [-0.2, -0.15) is 0 Å². The number of hydrogen-bond donors (Lipinski definition) is 0. The van der Waals surface area contributed by atoms with Crippen molar-refractivity contribution in [1.29, 1.82) is 0 Å². The number of oxime groups is 1. The van der Waals surface area contributed by atoms with Crippen molar-refractivity contribution in [2.24, 2.45) is 5.16 Å². The number of methoxy groups -OCH3 is 1. The van der Waals surface area contributed by atoms with Crippen LogP contribution >= 0.6 is 0 Å². The summed E-state index contributed by atoms with van der Waals surface area (Å²) in [6, 6.07) is 5.49. The topological polar surface area (TPSA) is 105 Å². The average molecular weight is 295 g/mol. The van der Waals surface area contributed by atoms with Crippen molar-refractivity contribution in [2.75, 3.05) is 13.7 Å². The molecule has 0 spiro atoms. The van der Waals surface area contributed by atoms with Crippen molar-refractivity contribution >= 4 is 22.3 Å². The predicted octanol–water partition coefficient (Wildman–Crippen LogP) is -2.88. The van der Waals surface area contributed by atoms with Gasteiger partial charge in [-0.3, -0.25) is 0 Å². The Balaban J connectivity index is 0.00000324. The third-order valence-corrected chi connectivity index (χ3v) is 2.78. The number of esters is 1. The van der Waals surface area contributed by atoms with Crippen LogP contribution in [-0.4, -0.2) is 38.9 Å². The molecule has 1 rings (SSSR count). The molecule has 0 unspecified atom stereocenters. The summed E-state index contributed by atoms with van der Waals surface area (Å²) in [4.78, 5) is 14.8. The Bertz CT molecular complexity index is 557. The van der Waals surface area contributed by atoms with Crippen LogP contribution in [0, 0.1) is 0 Å². The van der Waals surface area contributed by atoms with Crippen molar-refractivity contribution < 1.29 is 56.9 Å². The Morgan fingerprint density at radius 2 is 2.05 bits per heavy atom. The molecule has 0 N–H and O–H groups in total. The number of carbonyl (C=O) groups is 1. The molecular formula is C10H10NNaO6S. The third kappa shape index (κ3) is 6.17. The smallest absolute Gasteiger partial charge is 0.744 e. The summed E-state index contributed by atoms with van der Waals surface area (Å²) < 4.78 is 37.0. The van der Waals surface area contributed by atoms with Crippen LogP contribution in [0.25, 0.3) is 0 Å². The van der Waals surface area contributed by atoms with Gasteiger partial charge in [-0.15, -0.1) is 0 Å². The number of carbonyl (C=O) groups excluding carboxylic acids is 1. The maximum Gasteiger partial charge on any atom is 1.00 e. The van der Waals surface area contributed by atoms with Gasteiger partial charge in [0.05, 0.1) is 18.2 Å². The van der Waals surface area contributed by atoms with E-state index >= 15 is 0 Å². The molecule has 0 aliphatic heterocycles. The Morgan fingerprint density at radius 1 is 1.42 bits per heavy atom. The van der Waals surface area contributed by atoms with E-state index in [1.54, 1.807) is 0 Å². The predicted molar refractivity (Wildman–Crippen MR) is 60.0 cm³/mol. The van der Waals surface area contributed by atoms with Gasteiger partial charge in [0, 0.05) is 5.56 Å². The van der Waals surface area contributed by atoms with Crippen LogP contribution in [0.4, 0.5) is 0 Å². The van der Waals surface area contributed by atoms with Gasteiger partial charge in [0.2, 0.25) is 6.61 Å². The SMILES string of the molecule is COC(=O)CO/N=C/c1ccccc1S(=O)(=O)[O-].[Na+]. The Morgan fingerprint density at radius 3 is 2.63 bits per heavy atom. The fourth-order valence-electron chi connectivity index (χ4n) is 1.06. The van der Waals surface area contributed by atoms with Crippen molar-refractivity contribution in [1.82, 2.24) is 0 Å². The van der Waals surface area contributed by atoms with Crippen molar-refractivity contribution in [2.45, 2.75) is 4.90 Å². The first-order valence-corrected chi connectivity index (χ1v) is 6.13. The quantitative estimate of drug-likeness (QED) is 0.190. The monoisotopic (exact) mass is 295 g/mol. The molecule has 0 saturated heterocycles. The number of hydrogen-bond acceptors (Lipinski definition) is 7. The van der Waals surface area contributed by atoms with Crippen molar-refractivity contribution in [3.63, 3.8) is 0 Å². The third-order valence-electron chi connectivity index (χ3n) is 1.86. The van der Waals surface area contributed by atoms with E-state index in [1.165, 1.54) is 25.3 Å². The molecule has 9 heteroatoms. The second-order valence-corrected chi connectivity index (χ2v) is 4.42. The number of nitrogens with zero attached hydrogens (tertiary/aromatic N) is 1. The van der Waals surface area contributed by atoms with Gasteiger partial charge in [0.15, 0.2) is 0 Å². The molecule has 7 nitrogen and oxygen atoms in total. The zero-order chi connectivity index (χ0) is 13.6. The zero-order valence-corrected chi connectivity index (χ0v) is 13.2. The van der Waals surface area contributed by atoms with Crippen LogP contribution < -0.4 is 29.6 Å². The number of ether oxygens (including phenoxy) is 1. The second kappa shape index (κ2) is 8.28. The number of benzene rings is 1. The molecule has 0 radical (unpaired) electrons. The van der Waals surface area contributed by atoms with Gasteiger partial charge in [-0.05, 0) is 6.07 Å². The fourth-order valence-corrected chi connectivity index (χ4v) is 1.71. The van der Waals surface area contributed by atoms with Gasteiger partial charge >= 0.3 is 35.5 Å². The van der Waals surface area contributed by atoms with Gasteiger partial charge in [-0.1, -0.05) is 23.4 Å². The van der Waals surface area contributed by atoms with Crippen LogP contribution in [0.3, 0.4) is 0 Å². The Kier molecular flexibility index (Phi) is 7.88. The Hall–Kier alpha value is -0.930. The first-order valence-electron chi connectivity index (χ1n) is 4.72. The van der Waals surface area contributed by atoms with Crippen LogP contribution in [-0.2, 0) is 24.5 Å². The second-order valence-electron chi connectivity index (χ2n) is 3.08. The summed E-state index contributed by atoms with van der Waals surface area (Å²) in [6.07, 6.45) is 1.04.